The second-order valence-electron chi connectivity index (χ2n) is 15.1. The number of nitrogens with one attached hydrogen (secondary N) is 4. The van der Waals surface area contributed by atoms with Gasteiger partial charge in [0.15, 0.2) is 0 Å². The van der Waals surface area contributed by atoms with Crippen molar-refractivity contribution >= 4 is 40.7 Å². The Kier molecular flexibility index (Phi) is 13.6. The van der Waals surface area contributed by atoms with Gasteiger partial charge < -0.3 is 36.2 Å². The first-order valence-corrected chi connectivity index (χ1v) is 19.5. The summed E-state index contributed by atoms with van der Waals surface area (Å²) in [5.41, 5.74) is 5.49. The standard InChI is InChI=1S/C39H54N8O5S/c1-25(27-10-12-28(13-11-27)34-26(2)43-24-53-34)44-37(51)32-21-30(48)23-47(32)38(52)35(39(3,4)5)45-33(49)9-7-6-8-16-41-36(50)31-15-14-29(22-42-31)46-19-17-40-18-20-46/h10-15,22,24-25,30,32,35,40,48H,6-9,16-21,23H2,1-5H3,(H,41,50)(H,44,51)(H,45,49)/t25-,30+,32-,35+/m0/s1. The van der Waals surface area contributed by atoms with Crippen LogP contribution in [0.15, 0.2) is 48.1 Å². The van der Waals surface area contributed by atoms with E-state index in [0.29, 0.717) is 31.5 Å². The summed E-state index contributed by atoms with van der Waals surface area (Å²) < 4.78 is 0. The molecule has 2 aliphatic rings. The maximum absolute atomic E-state index is 14.0. The van der Waals surface area contributed by atoms with E-state index < -0.39 is 29.5 Å². The lowest BCUT2D eigenvalue weighted by atomic mass is 9.85. The molecule has 1 aromatic carbocycles. The van der Waals surface area contributed by atoms with Gasteiger partial charge in [-0.2, -0.15) is 0 Å². The number of nitrogens with zero attached hydrogens (tertiary/aromatic N) is 4. The zero-order chi connectivity index (χ0) is 38.1. The minimum atomic E-state index is -0.888. The number of aromatic nitrogens is 2. The van der Waals surface area contributed by atoms with Gasteiger partial charge in [-0.15, -0.1) is 11.3 Å². The van der Waals surface area contributed by atoms with Gasteiger partial charge in [-0.05, 0) is 55.4 Å². The highest BCUT2D eigenvalue weighted by atomic mass is 32.1. The topological polar surface area (TPSA) is 169 Å². The van der Waals surface area contributed by atoms with Gasteiger partial charge in [0.1, 0.15) is 17.8 Å². The molecule has 53 heavy (non-hydrogen) atoms. The average molecular weight is 747 g/mol. The predicted octanol–water partition coefficient (Wildman–Crippen LogP) is 3.58. The highest BCUT2D eigenvalue weighted by molar-refractivity contribution is 7.13. The molecule has 286 valence electrons. The summed E-state index contributed by atoms with van der Waals surface area (Å²) in [7, 11) is 0. The maximum Gasteiger partial charge on any atom is 0.269 e. The summed E-state index contributed by atoms with van der Waals surface area (Å²) in [6.07, 6.45) is 3.21. The zero-order valence-corrected chi connectivity index (χ0v) is 32.3. The molecule has 4 atom stereocenters. The number of unbranched alkanes of at least 4 members (excludes halogenated alkanes) is 2. The minimum absolute atomic E-state index is 0.0121. The lowest BCUT2D eigenvalue weighted by molar-refractivity contribution is -0.144. The Bertz CT molecular complexity index is 1700. The third-order valence-electron chi connectivity index (χ3n) is 9.89. The second kappa shape index (κ2) is 18.1. The lowest BCUT2D eigenvalue weighted by Gasteiger charge is -2.35. The van der Waals surface area contributed by atoms with E-state index in [0.717, 1.165) is 53.6 Å². The number of thiazole rings is 1. The molecule has 0 radical (unpaired) electrons. The van der Waals surface area contributed by atoms with Crippen molar-refractivity contribution in [2.45, 2.75) is 91.0 Å². The number of β-amino-alcohol motifs (C(OH)–C–C–N with tert-alkyl or cyclic N) is 1. The van der Waals surface area contributed by atoms with Crippen molar-refractivity contribution in [3.05, 3.63) is 65.1 Å². The van der Waals surface area contributed by atoms with Crippen LogP contribution in [0.3, 0.4) is 0 Å². The van der Waals surface area contributed by atoms with Crippen LogP contribution in [0, 0.1) is 12.3 Å². The van der Waals surface area contributed by atoms with Crippen LogP contribution in [0.2, 0.25) is 0 Å². The van der Waals surface area contributed by atoms with Crippen LogP contribution >= 0.6 is 11.3 Å². The number of aliphatic hydroxyl groups is 1. The summed E-state index contributed by atoms with van der Waals surface area (Å²) in [4.78, 5) is 66.6. The van der Waals surface area contributed by atoms with E-state index in [1.54, 1.807) is 23.6 Å². The first kappa shape index (κ1) is 39.8. The molecular formula is C39H54N8O5S. The molecule has 2 aromatic heterocycles. The Balaban J connectivity index is 1.07. The summed E-state index contributed by atoms with van der Waals surface area (Å²) in [6, 6.07) is 9.55. The molecule has 4 heterocycles. The Morgan fingerprint density at radius 2 is 1.74 bits per heavy atom. The van der Waals surface area contributed by atoms with Crippen LogP contribution in [-0.2, 0) is 14.4 Å². The van der Waals surface area contributed by atoms with Crippen molar-refractivity contribution in [2.75, 3.05) is 44.2 Å². The van der Waals surface area contributed by atoms with E-state index in [1.807, 2.05) is 70.5 Å². The first-order chi connectivity index (χ1) is 25.3. The number of hydrogen-bond donors (Lipinski definition) is 5. The fourth-order valence-electron chi connectivity index (χ4n) is 6.76. The molecule has 2 saturated heterocycles. The van der Waals surface area contributed by atoms with E-state index in [4.69, 9.17) is 0 Å². The van der Waals surface area contributed by atoms with Crippen molar-refractivity contribution in [1.29, 1.82) is 0 Å². The van der Waals surface area contributed by atoms with Gasteiger partial charge in [-0.1, -0.05) is 51.5 Å². The largest absolute Gasteiger partial charge is 0.391 e. The average Bonchev–Trinajstić information content (AvgIpc) is 3.76. The Hall–Kier alpha value is -4.40. The molecule has 0 spiro atoms. The number of piperazine rings is 1. The summed E-state index contributed by atoms with van der Waals surface area (Å²) >= 11 is 1.58. The SMILES string of the molecule is Cc1ncsc1-c1ccc([C@H](C)NC(=O)[C@@H]2C[C@@H](O)CN2C(=O)[C@@H](NC(=O)CCCCCNC(=O)c2ccc(N3CCNCC3)cn2)C(C)(C)C)cc1. The molecule has 0 bridgehead atoms. The third-order valence-corrected chi connectivity index (χ3v) is 10.9. The van der Waals surface area contributed by atoms with Gasteiger partial charge in [-0.25, -0.2) is 9.97 Å². The van der Waals surface area contributed by atoms with Crippen LogP contribution < -0.4 is 26.2 Å². The third kappa shape index (κ3) is 10.6. The van der Waals surface area contributed by atoms with Crippen LogP contribution in [-0.4, -0.2) is 101 Å². The number of likely N-dealkylation sites (tertiary alicyclic amines) is 1. The molecule has 2 aliphatic heterocycles. The van der Waals surface area contributed by atoms with Crippen LogP contribution in [0.25, 0.3) is 10.4 Å². The molecule has 5 N–H and O–H groups in total. The predicted molar refractivity (Wildman–Crippen MR) is 206 cm³/mol. The first-order valence-electron chi connectivity index (χ1n) is 18.6. The molecule has 4 amide bonds. The highest BCUT2D eigenvalue weighted by Gasteiger charge is 2.44. The van der Waals surface area contributed by atoms with Crippen molar-refractivity contribution in [3.8, 4) is 10.4 Å². The molecule has 2 fully saturated rings. The Morgan fingerprint density at radius 3 is 2.38 bits per heavy atom. The van der Waals surface area contributed by atoms with Crippen molar-refractivity contribution in [3.63, 3.8) is 0 Å². The summed E-state index contributed by atoms with van der Waals surface area (Å²) in [5.74, 6) is -1.23. The quantitative estimate of drug-likeness (QED) is 0.155. The molecule has 14 heteroatoms. The summed E-state index contributed by atoms with van der Waals surface area (Å²) in [5, 5.41) is 22.7. The number of carbonyl (C=O) groups is 4. The number of rotatable bonds is 14. The van der Waals surface area contributed by atoms with E-state index >= 15 is 0 Å². The number of anilines is 1. The van der Waals surface area contributed by atoms with E-state index in [2.05, 4.69) is 36.1 Å². The lowest BCUT2D eigenvalue weighted by Crippen LogP contribution is -2.57. The monoisotopic (exact) mass is 746 g/mol. The molecule has 0 unspecified atom stereocenters. The fraction of sp³-hybridized carbons (Fsp3) is 0.538. The number of carbonyl (C=O) groups excluding carboxylic acids is 4. The van der Waals surface area contributed by atoms with Gasteiger partial charge in [0.25, 0.3) is 5.91 Å². The number of aliphatic hydroxyl groups excluding tert-OH is 1. The second-order valence-corrected chi connectivity index (χ2v) is 15.9. The van der Waals surface area contributed by atoms with E-state index in [1.165, 1.54) is 4.90 Å². The normalized spacial score (nSPS) is 18.7. The van der Waals surface area contributed by atoms with Crippen LogP contribution in [0.5, 0.6) is 0 Å². The zero-order valence-electron chi connectivity index (χ0n) is 31.5. The maximum atomic E-state index is 14.0. The Morgan fingerprint density at radius 1 is 1.00 bits per heavy atom. The molecular weight excluding hydrogens is 693 g/mol. The number of pyridine rings is 1. The van der Waals surface area contributed by atoms with Crippen molar-refractivity contribution in [1.82, 2.24) is 36.1 Å². The van der Waals surface area contributed by atoms with E-state index in [-0.39, 0.29) is 43.1 Å². The van der Waals surface area contributed by atoms with Crippen LogP contribution in [0.1, 0.15) is 87.6 Å². The van der Waals surface area contributed by atoms with Gasteiger partial charge in [0.2, 0.25) is 17.7 Å². The molecule has 0 aliphatic carbocycles. The molecule has 3 aromatic rings. The van der Waals surface area contributed by atoms with Gasteiger partial charge in [0, 0.05) is 52.1 Å². The summed E-state index contributed by atoms with van der Waals surface area (Å²) in [6.45, 7) is 13.6. The fourth-order valence-corrected chi connectivity index (χ4v) is 7.57. The van der Waals surface area contributed by atoms with Gasteiger partial charge >= 0.3 is 0 Å². The van der Waals surface area contributed by atoms with Crippen molar-refractivity contribution in [2.24, 2.45) is 5.41 Å². The van der Waals surface area contributed by atoms with Gasteiger partial charge in [-0.3, -0.25) is 19.2 Å². The Labute approximate surface area is 316 Å². The van der Waals surface area contributed by atoms with Crippen molar-refractivity contribution < 1.29 is 24.3 Å². The number of hydrogen-bond acceptors (Lipinski definition) is 10. The van der Waals surface area contributed by atoms with E-state index in [9.17, 15) is 24.3 Å². The highest BCUT2D eigenvalue weighted by Crippen LogP contribution is 2.29. The smallest absolute Gasteiger partial charge is 0.269 e. The molecule has 5 rings (SSSR count). The minimum Gasteiger partial charge on any atom is -0.391 e. The number of aryl methyl sites for hydroxylation is 1. The van der Waals surface area contributed by atoms with Crippen LogP contribution in [0.4, 0.5) is 5.69 Å². The molecule has 0 saturated carbocycles. The van der Waals surface area contributed by atoms with Gasteiger partial charge in [0.05, 0.1) is 40.1 Å². The number of amides is 4. The molecule has 13 nitrogen and oxygen atoms in total. The number of benzene rings is 1.